The molecule has 0 fully saturated rings. The second-order valence-electron chi connectivity index (χ2n) is 3.92. The van der Waals surface area contributed by atoms with E-state index in [1.165, 1.54) is 12.6 Å². The molecule has 0 aliphatic rings. The molecule has 16 heteroatoms. The van der Waals surface area contributed by atoms with Crippen molar-refractivity contribution in [3.63, 3.8) is 0 Å². The van der Waals surface area contributed by atoms with E-state index in [1.54, 1.807) is 0 Å². The van der Waals surface area contributed by atoms with Gasteiger partial charge in [-0.05, 0) is 0 Å². The molecule has 0 N–H and O–H groups in total. The molecule has 0 aliphatic carbocycles. The van der Waals surface area contributed by atoms with E-state index in [2.05, 4.69) is 0 Å². The molecular weight excluding hydrogens is 401 g/mol. The van der Waals surface area contributed by atoms with Crippen LogP contribution in [0.5, 0.6) is 0 Å². The van der Waals surface area contributed by atoms with Crippen molar-refractivity contribution in [1.29, 1.82) is 0 Å². The van der Waals surface area contributed by atoms with Gasteiger partial charge in [-0.2, -0.15) is 61.5 Å². The first-order valence-electron chi connectivity index (χ1n) is 4.56. The second-order valence-corrected chi connectivity index (χ2v) is 4.53. The molecule has 0 rings (SSSR count). The fraction of sp³-hybridized carbons (Fsp3) is 1.00. The largest absolute Gasteiger partial charge is 0.460 e. The third kappa shape index (κ3) is 2.79. The highest BCUT2D eigenvalue weighted by Gasteiger charge is 2.91. The fourth-order valence-corrected chi connectivity index (χ4v) is 1.24. The molecule has 0 spiro atoms. The Morgan fingerprint density at radius 3 is 0.826 bits per heavy atom. The summed E-state index contributed by atoms with van der Waals surface area (Å²) >= 11 is 1.29. The molecule has 0 aromatic rings. The predicted molar refractivity (Wildman–Crippen MR) is 44.7 cm³/mol. The number of thiol groups is 1. The molecular formula is C7HF15S. The summed E-state index contributed by atoms with van der Waals surface area (Å²) in [5.74, 6) is -31.3. The molecule has 1 atom stereocenters. The van der Waals surface area contributed by atoms with E-state index in [4.69, 9.17) is 0 Å². The van der Waals surface area contributed by atoms with Crippen molar-refractivity contribution in [2.24, 2.45) is 0 Å². The van der Waals surface area contributed by atoms with E-state index < -0.39 is 41.0 Å². The van der Waals surface area contributed by atoms with Gasteiger partial charge in [-0.25, -0.2) is 4.39 Å². The molecule has 140 valence electrons. The predicted octanol–water partition coefficient (Wildman–Crippen LogP) is 5.25. The molecule has 0 radical (unpaired) electrons. The Morgan fingerprint density at radius 1 is 0.348 bits per heavy atom. The van der Waals surface area contributed by atoms with Crippen LogP contribution in [0, 0.1) is 0 Å². The standard InChI is InChI=1S/C7HF15S/c8-1(9,3(12,13)6(17,18)19)2(10,11)5(16,23)4(14,15)7(20,21)22/h23H. The summed E-state index contributed by atoms with van der Waals surface area (Å²) in [7, 11) is 0. The Labute approximate surface area is 121 Å². The van der Waals surface area contributed by atoms with Crippen molar-refractivity contribution in [3.8, 4) is 0 Å². The third-order valence-electron chi connectivity index (χ3n) is 2.33. The van der Waals surface area contributed by atoms with Gasteiger partial charge in [0.15, 0.2) is 0 Å². The zero-order valence-electron chi connectivity index (χ0n) is 9.62. The lowest BCUT2D eigenvalue weighted by molar-refractivity contribution is -0.425. The highest BCUT2D eigenvalue weighted by atomic mass is 32.1. The van der Waals surface area contributed by atoms with E-state index in [9.17, 15) is 65.9 Å². The Bertz CT molecular complexity index is 400. The lowest BCUT2D eigenvalue weighted by atomic mass is 9.95. The first kappa shape index (κ1) is 22.3. The van der Waals surface area contributed by atoms with Crippen LogP contribution in [0.3, 0.4) is 0 Å². The first-order chi connectivity index (χ1) is 9.50. The minimum Gasteiger partial charge on any atom is -0.218 e. The zero-order valence-corrected chi connectivity index (χ0v) is 10.5. The number of hydrogen-bond donors (Lipinski definition) is 1. The van der Waals surface area contributed by atoms with E-state index in [-0.39, 0.29) is 0 Å². The Kier molecular flexibility index (Phi) is 4.99. The lowest BCUT2D eigenvalue weighted by Gasteiger charge is -2.41. The average molecular weight is 402 g/mol. The summed E-state index contributed by atoms with van der Waals surface area (Å²) in [5, 5.41) is -7.14. The van der Waals surface area contributed by atoms with E-state index >= 15 is 0 Å². The maximum absolute atomic E-state index is 13.0. The molecule has 0 aromatic heterocycles. The Morgan fingerprint density at radius 2 is 0.609 bits per heavy atom. The van der Waals surface area contributed by atoms with Crippen LogP contribution in [0.25, 0.3) is 0 Å². The van der Waals surface area contributed by atoms with Gasteiger partial charge in [-0.3, -0.25) is 0 Å². The summed E-state index contributed by atoms with van der Waals surface area (Å²) in [6, 6.07) is 0. The summed E-state index contributed by atoms with van der Waals surface area (Å²) in [5.41, 5.74) is 0. The highest BCUT2D eigenvalue weighted by Crippen LogP contribution is 2.63. The molecule has 0 heterocycles. The highest BCUT2D eigenvalue weighted by molar-refractivity contribution is 7.81. The van der Waals surface area contributed by atoms with Crippen LogP contribution in [0.15, 0.2) is 0 Å². The van der Waals surface area contributed by atoms with Gasteiger partial charge < -0.3 is 0 Å². The molecule has 0 aliphatic heterocycles. The molecule has 0 saturated carbocycles. The van der Waals surface area contributed by atoms with E-state index in [1.807, 2.05) is 0 Å². The maximum Gasteiger partial charge on any atom is 0.460 e. The van der Waals surface area contributed by atoms with Gasteiger partial charge in [-0.1, -0.05) is 0 Å². The van der Waals surface area contributed by atoms with Gasteiger partial charge in [0, 0.05) is 0 Å². The molecule has 0 aromatic carbocycles. The topological polar surface area (TPSA) is 0 Å². The minimum absolute atomic E-state index is 1.29. The third-order valence-corrected chi connectivity index (χ3v) is 2.89. The van der Waals surface area contributed by atoms with Crippen molar-refractivity contribution in [2.45, 2.75) is 41.0 Å². The molecule has 0 saturated heterocycles. The second kappa shape index (κ2) is 5.15. The molecule has 0 nitrogen and oxygen atoms in total. The lowest BCUT2D eigenvalue weighted by Crippen LogP contribution is -2.71. The summed E-state index contributed by atoms with van der Waals surface area (Å²) in [6.07, 6.45) is -14.9. The fourth-order valence-electron chi connectivity index (χ4n) is 0.968. The van der Waals surface area contributed by atoms with Gasteiger partial charge in [0.2, 0.25) is 0 Å². The van der Waals surface area contributed by atoms with Crippen molar-refractivity contribution in [2.75, 3.05) is 0 Å². The van der Waals surface area contributed by atoms with Gasteiger partial charge >= 0.3 is 36.0 Å². The van der Waals surface area contributed by atoms with Crippen LogP contribution in [-0.2, 0) is 0 Å². The molecule has 0 amide bonds. The number of rotatable bonds is 4. The molecule has 23 heavy (non-hydrogen) atoms. The molecule has 0 bridgehead atoms. The van der Waals surface area contributed by atoms with Crippen molar-refractivity contribution in [1.82, 2.24) is 0 Å². The van der Waals surface area contributed by atoms with Crippen molar-refractivity contribution < 1.29 is 65.9 Å². The van der Waals surface area contributed by atoms with Crippen molar-refractivity contribution >= 4 is 12.6 Å². The summed E-state index contributed by atoms with van der Waals surface area (Å²) < 4.78 is 184. The maximum atomic E-state index is 13.0. The van der Waals surface area contributed by atoms with E-state index in [0.717, 1.165) is 0 Å². The normalized spacial score (nSPS) is 18.8. The van der Waals surface area contributed by atoms with Gasteiger partial charge in [-0.15, -0.1) is 12.6 Å². The van der Waals surface area contributed by atoms with Gasteiger partial charge in [0.05, 0.1) is 0 Å². The van der Waals surface area contributed by atoms with Crippen LogP contribution in [0.2, 0.25) is 0 Å². The number of alkyl halides is 15. The first-order valence-corrected chi connectivity index (χ1v) is 5.01. The zero-order chi connectivity index (χ0) is 19.5. The van der Waals surface area contributed by atoms with Crippen LogP contribution in [0.1, 0.15) is 0 Å². The Balaban J connectivity index is 6.37. The molecule has 1 unspecified atom stereocenters. The van der Waals surface area contributed by atoms with Crippen LogP contribution in [-0.4, -0.2) is 41.0 Å². The van der Waals surface area contributed by atoms with Gasteiger partial charge in [0.1, 0.15) is 0 Å². The van der Waals surface area contributed by atoms with E-state index in [0.29, 0.717) is 0 Å². The van der Waals surface area contributed by atoms with Crippen LogP contribution >= 0.6 is 12.6 Å². The SMILES string of the molecule is FC(F)(F)C(F)(F)C(F)(F)C(F)(F)C(F)(S)C(F)(F)C(F)(F)F. The van der Waals surface area contributed by atoms with Gasteiger partial charge in [0.25, 0.3) is 5.00 Å². The summed E-state index contributed by atoms with van der Waals surface area (Å²) in [6.45, 7) is 0. The number of halogens is 15. The quantitative estimate of drug-likeness (QED) is 0.482. The monoisotopic (exact) mass is 402 g/mol. The van der Waals surface area contributed by atoms with Crippen molar-refractivity contribution in [3.05, 3.63) is 0 Å². The van der Waals surface area contributed by atoms with Crippen LogP contribution in [0.4, 0.5) is 65.9 Å². The van der Waals surface area contributed by atoms with Crippen LogP contribution < -0.4 is 0 Å². The Hall–Kier alpha value is -0.700. The smallest absolute Gasteiger partial charge is 0.218 e. The summed E-state index contributed by atoms with van der Waals surface area (Å²) in [4.78, 5) is 0. The average Bonchev–Trinajstić information content (AvgIpc) is 2.24. The number of hydrogen-bond acceptors (Lipinski definition) is 1. The minimum atomic E-state index is -8.04.